The van der Waals surface area contributed by atoms with Crippen LogP contribution in [0.5, 0.6) is 17.2 Å². The molecule has 5 heteroatoms. The maximum absolute atomic E-state index is 12.5. The molecule has 1 atom stereocenters. The van der Waals surface area contributed by atoms with Gasteiger partial charge in [0.1, 0.15) is 5.75 Å². The lowest BCUT2D eigenvalue weighted by Crippen LogP contribution is -2.27. The van der Waals surface area contributed by atoms with E-state index in [4.69, 9.17) is 14.2 Å². The molecule has 0 heterocycles. The number of ether oxygens (including phenoxy) is 3. The number of aryl methyl sites for hydroxylation is 1. The molecule has 0 saturated heterocycles. The van der Waals surface area contributed by atoms with Crippen molar-refractivity contribution in [3.8, 4) is 17.2 Å². The molecule has 2 rings (SSSR count). The van der Waals surface area contributed by atoms with Crippen molar-refractivity contribution in [2.45, 2.75) is 26.3 Å². The Hall–Kier alpha value is -2.69. The lowest BCUT2D eigenvalue weighted by atomic mass is 9.98. The number of benzene rings is 2. The predicted octanol–water partition coefficient (Wildman–Crippen LogP) is 3.77. The third-order valence-corrected chi connectivity index (χ3v) is 4.19. The molecule has 134 valence electrons. The van der Waals surface area contributed by atoms with Crippen molar-refractivity contribution in [1.29, 1.82) is 0 Å². The van der Waals surface area contributed by atoms with E-state index in [1.54, 1.807) is 45.6 Å². The van der Waals surface area contributed by atoms with Gasteiger partial charge in [-0.2, -0.15) is 0 Å². The molecule has 0 aliphatic carbocycles. The molecule has 0 saturated carbocycles. The Morgan fingerprint density at radius 2 is 1.60 bits per heavy atom. The summed E-state index contributed by atoms with van der Waals surface area (Å²) < 4.78 is 15.9. The topological polar surface area (TPSA) is 56.8 Å². The highest BCUT2D eigenvalue weighted by atomic mass is 16.5. The first kappa shape index (κ1) is 18.6. The highest BCUT2D eigenvalue weighted by molar-refractivity contribution is 5.94. The van der Waals surface area contributed by atoms with Crippen LogP contribution >= 0.6 is 0 Å². The Bertz CT molecular complexity index is 725. The number of nitrogens with one attached hydrogen (secondary N) is 1. The molecule has 0 bridgehead atoms. The van der Waals surface area contributed by atoms with Crippen LogP contribution in [0.4, 0.5) is 0 Å². The molecular weight excluding hydrogens is 318 g/mol. The van der Waals surface area contributed by atoms with E-state index in [1.165, 1.54) is 0 Å². The van der Waals surface area contributed by atoms with Gasteiger partial charge in [0.05, 0.1) is 27.4 Å². The highest BCUT2D eigenvalue weighted by Crippen LogP contribution is 2.33. The van der Waals surface area contributed by atoms with Gasteiger partial charge < -0.3 is 19.5 Å². The molecule has 0 radical (unpaired) electrons. The van der Waals surface area contributed by atoms with Gasteiger partial charge in [0.25, 0.3) is 5.91 Å². The molecule has 2 aromatic rings. The molecule has 0 aromatic heterocycles. The average Bonchev–Trinajstić information content (AvgIpc) is 2.66. The van der Waals surface area contributed by atoms with E-state index >= 15 is 0 Å². The minimum absolute atomic E-state index is 0.132. The van der Waals surface area contributed by atoms with Gasteiger partial charge in [-0.15, -0.1) is 0 Å². The minimum atomic E-state index is -0.163. The maximum Gasteiger partial charge on any atom is 0.251 e. The summed E-state index contributed by atoms with van der Waals surface area (Å²) in [5, 5.41) is 3.04. The Kier molecular flexibility index (Phi) is 6.28. The van der Waals surface area contributed by atoms with Gasteiger partial charge in [0.15, 0.2) is 11.5 Å². The van der Waals surface area contributed by atoms with Crippen LogP contribution in [0, 0.1) is 0 Å². The van der Waals surface area contributed by atoms with Crippen molar-refractivity contribution in [3.63, 3.8) is 0 Å². The summed E-state index contributed by atoms with van der Waals surface area (Å²) in [6, 6.07) is 10.8. The van der Waals surface area contributed by atoms with Crippen molar-refractivity contribution >= 4 is 5.91 Å². The lowest BCUT2D eigenvalue weighted by Gasteiger charge is -2.20. The van der Waals surface area contributed by atoms with Crippen molar-refractivity contribution in [2.24, 2.45) is 0 Å². The summed E-state index contributed by atoms with van der Waals surface area (Å²) in [5.74, 6) is 1.93. The molecule has 0 unspecified atom stereocenters. The minimum Gasteiger partial charge on any atom is -0.497 e. The summed E-state index contributed by atoms with van der Waals surface area (Å²) in [4.78, 5) is 12.5. The summed E-state index contributed by atoms with van der Waals surface area (Å²) in [6.07, 6.45) is 0.832. The van der Waals surface area contributed by atoms with Crippen LogP contribution in [0.1, 0.15) is 41.4 Å². The number of rotatable bonds is 7. The molecule has 2 aromatic carbocycles. The summed E-state index contributed by atoms with van der Waals surface area (Å²) in [6.45, 7) is 4.03. The van der Waals surface area contributed by atoms with E-state index in [-0.39, 0.29) is 11.9 Å². The number of amides is 1. The van der Waals surface area contributed by atoms with Gasteiger partial charge in [-0.3, -0.25) is 4.79 Å². The Balaban J connectivity index is 2.24. The molecule has 0 spiro atoms. The third kappa shape index (κ3) is 4.24. The summed E-state index contributed by atoms with van der Waals surface area (Å²) >= 11 is 0. The normalized spacial score (nSPS) is 11.6. The molecule has 0 aliphatic rings. The van der Waals surface area contributed by atoms with Gasteiger partial charge >= 0.3 is 0 Å². The number of carbonyl (C=O) groups excluding carboxylic acids is 1. The highest BCUT2D eigenvalue weighted by Gasteiger charge is 2.17. The van der Waals surface area contributed by atoms with Crippen LogP contribution in [0.15, 0.2) is 36.4 Å². The van der Waals surface area contributed by atoms with E-state index in [2.05, 4.69) is 12.2 Å². The smallest absolute Gasteiger partial charge is 0.251 e. The number of carbonyl (C=O) groups is 1. The van der Waals surface area contributed by atoms with Crippen molar-refractivity contribution in [3.05, 3.63) is 53.1 Å². The zero-order valence-corrected chi connectivity index (χ0v) is 15.4. The van der Waals surface area contributed by atoms with E-state index in [0.29, 0.717) is 17.1 Å². The molecule has 5 nitrogen and oxygen atoms in total. The van der Waals surface area contributed by atoms with E-state index in [0.717, 1.165) is 23.3 Å². The monoisotopic (exact) mass is 343 g/mol. The number of hydrogen-bond donors (Lipinski definition) is 1. The maximum atomic E-state index is 12.5. The molecular formula is C20H25NO4. The molecule has 0 fully saturated rings. The van der Waals surface area contributed by atoms with Crippen LogP contribution in [-0.2, 0) is 6.42 Å². The fourth-order valence-electron chi connectivity index (χ4n) is 2.75. The standard InChI is InChI=1S/C20H25NO4/c1-6-14-11-18(24-4)19(25-5)12-17(14)13(2)21-20(22)15-7-9-16(23-3)10-8-15/h7-13H,6H2,1-5H3,(H,21,22)/t13-/m0/s1. The van der Waals surface area contributed by atoms with Crippen LogP contribution in [-0.4, -0.2) is 27.2 Å². The van der Waals surface area contributed by atoms with E-state index in [9.17, 15) is 4.79 Å². The van der Waals surface area contributed by atoms with Gasteiger partial charge in [-0.1, -0.05) is 6.92 Å². The Morgan fingerprint density at radius 3 is 2.12 bits per heavy atom. The number of hydrogen-bond acceptors (Lipinski definition) is 4. The predicted molar refractivity (Wildman–Crippen MR) is 97.8 cm³/mol. The van der Waals surface area contributed by atoms with Crippen LogP contribution in [0.3, 0.4) is 0 Å². The van der Waals surface area contributed by atoms with Crippen molar-refractivity contribution in [1.82, 2.24) is 5.32 Å². The SMILES string of the molecule is CCc1cc(OC)c(OC)cc1[C@H](C)NC(=O)c1ccc(OC)cc1. The largest absolute Gasteiger partial charge is 0.497 e. The first-order valence-corrected chi connectivity index (χ1v) is 8.23. The van der Waals surface area contributed by atoms with E-state index < -0.39 is 0 Å². The second-order valence-corrected chi connectivity index (χ2v) is 5.68. The fourth-order valence-corrected chi connectivity index (χ4v) is 2.75. The number of methoxy groups -OCH3 is 3. The first-order chi connectivity index (χ1) is 12.0. The molecule has 1 amide bonds. The van der Waals surface area contributed by atoms with Crippen LogP contribution in [0.2, 0.25) is 0 Å². The Morgan fingerprint density at radius 1 is 1.00 bits per heavy atom. The van der Waals surface area contributed by atoms with Gasteiger partial charge in [0, 0.05) is 5.56 Å². The molecule has 1 N–H and O–H groups in total. The van der Waals surface area contributed by atoms with Gasteiger partial charge in [-0.05, 0) is 60.9 Å². The first-order valence-electron chi connectivity index (χ1n) is 8.23. The van der Waals surface area contributed by atoms with Gasteiger partial charge in [0.2, 0.25) is 0 Å². The average molecular weight is 343 g/mol. The van der Waals surface area contributed by atoms with Crippen molar-refractivity contribution < 1.29 is 19.0 Å². The second-order valence-electron chi connectivity index (χ2n) is 5.68. The zero-order valence-electron chi connectivity index (χ0n) is 15.4. The Labute approximate surface area is 148 Å². The third-order valence-electron chi connectivity index (χ3n) is 4.19. The quantitative estimate of drug-likeness (QED) is 0.831. The summed E-state index contributed by atoms with van der Waals surface area (Å²) in [5.41, 5.74) is 2.72. The molecule has 25 heavy (non-hydrogen) atoms. The van der Waals surface area contributed by atoms with Crippen LogP contribution < -0.4 is 19.5 Å². The van der Waals surface area contributed by atoms with Crippen LogP contribution in [0.25, 0.3) is 0 Å². The second kappa shape index (κ2) is 8.42. The lowest BCUT2D eigenvalue weighted by molar-refractivity contribution is 0.0939. The fraction of sp³-hybridized carbons (Fsp3) is 0.350. The summed E-state index contributed by atoms with van der Waals surface area (Å²) in [7, 11) is 4.82. The zero-order chi connectivity index (χ0) is 18.4. The van der Waals surface area contributed by atoms with Gasteiger partial charge in [-0.25, -0.2) is 0 Å². The van der Waals surface area contributed by atoms with E-state index in [1.807, 2.05) is 19.1 Å². The molecule has 0 aliphatic heterocycles. The van der Waals surface area contributed by atoms with Crippen molar-refractivity contribution in [2.75, 3.05) is 21.3 Å².